The summed E-state index contributed by atoms with van der Waals surface area (Å²) in [7, 11) is 0. The molecule has 4 rings (SSSR count). The van der Waals surface area contributed by atoms with Crippen LogP contribution in [0.5, 0.6) is 0 Å². The average molecular weight is 412 g/mol. The van der Waals surface area contributed by atoms with Crippen molar-refractivity contribution in [2.24, 2.45) is 0 Å². The second kappa shape index (κ2) is 8.39. The lowest BCUT2D eigenvalue weighted by atomic mass is 10.1. The molecule has 8 heteroatoms. The summed E-state index contributed by atoms with van der Waals surface area (Å²) in [6.45, 7) is 2.40. The van der Waals surface area contributed by atoms with Crippen LogP contribution in [-0.4, -0.2) is 43.5 Å². The quantitative estimate of drug-likeness (QED) is 0.753. The fraction of sp³-hybridized carbons (Fsp3) is 0.381. The van der Waals surface area contributed by atoms with E-state index in [0.29, 0.717) is 48.6 Å². The molecule has 2 aliphatic rings. The van der Waals surface area contributed by atoms with Gasteiger partial charge in [-0.15, -0.1) is 11.8 Å². The van der Waals surface area contributed by atoms with Gasteiger partial charge in [0.2, 0.25) is 0 Å². The summed E-state index contributed by atoms with van der Waals surface area (Å²) in [4.78, 5) is 19.4. The van der Waals surface area contributed by atoms with Gasteiger partial charge in [0.1, 0.15) is 16.9 Å². The van der Waals surface area contributed by atoms with Gasteiger partial charge < -0.3 is 15.0 Å². The summed E-state index contributed by atoms with van der Waals surface area (Å²) in [5, 5.41) is 12.8. The Balaban J connectivity index is 1.58. The number of carbonyl (C=O) groups excluding carboxylic acids is 1. The molecule has 2 aromatic rings. The first-order chi connectivity index (χ1) is 14.1. The Morgan fingerprint density at radius 2 is 2.10 bits per heavy atom. The fourth-order valence-corrected chi connectivity index (χ4v) is 3.96. The van der Waals surface area contributed by atoms with Gasteiger partial charge >= 0.3 is 0 Å². The van der Waals surface area contributed by atoms with E-state index in [4.69, 9.17) is 4.74 Å². The van der Waals surface area contributed by atoms with E-state index in [9.17, 15) is 14.4 Å². The zero-order chi connectivity index (χ0) is 20.4. The number of halogens is 1. The molecule has 29 heavy (non-hydrogen) atoms. The first-order valence-electron chi connectivity index (χ1n) is 9.53. The van der Waals surface area contributed by atoms with Crippen molar-refractivity contribution in [2.45, 2.75) is 23.8 Å². The van der Waals surface area contributed by atoms with Gasteiger partial charge in [0.25, 0.3) is 5.91 Å². The number of hydrogen-bond donors (Lipinski definition) is 1. The molecule has 2 fully saturated rings. The summed E-state index contributed by atoms with van der Waals surface area (Å²) < 4.78 is 19.9. The van der Waals surface area contributed by atoms with E-state index < -0.39 is 11.7 Å². The third kappa shape index (κ3) is 4.21. The molecule has 1 aliphatic carbocycles. The summed E-state index contributed by atoms with van der Waals surface area (Å²) in [5.41, 5.74) is 2.22. The summed E-state index contributed by atoms with van der Waals surface area (Å²) in [5.74, 6) is -0.478. The van der Waals surface area contributed by atoms with Gasteiger partial charge in [0.05, 0.1) is 30.0 Å². The lowest BCUT2D eigenvalue weighted by Crippen LogP contribution is -2.36. The van der Waals surface area contributed by atoms with Crippen LogP contribution in [0.4, 0.5) is 15.8 Å². The highest BCUT2D eigenvalue weighted by Gasteiger charge is 2.28. The van der Waals surface area contributed by atoms with Crippen molar-refractivity contribution in [3.8, 4) is 6.07 Å². The van der Waals surface area contributed by atoms with Gasteiger partial charge in [-0.25, -0.2) is 9.37 Å². The molecule has 1 saturated heterocycles. The molecule has 1 amide bonds. The molecule has 0 radical (unpaired) electrons. The molecule has 1 aliphatic heterocycles. The highest BCUT2D eigenvalue weighted by atomic mass is 32.2. The van der Waals surface area contributed by atoms with E-state index >= 15 is 0 Å². The number of thioether (sulfide) groups is 1. The van der Waals surface area contributed by atoms with E-state index in [-0.39, 0.29) is 11.1 Å². The van der Waals surface area contributed by atoms with Crippen LogP contribution >= 0.6 is 11.8 Å². The number of rotatable bonds is 5. The van der Waals surface area contributed by atoms with E-state index in [2.05, 4.69) is 16.4 Å². The molecule has 6 nitrogen and oxygen atoms in total. The van der Waals surface area contributed by atoms with E-state index in [1.807, 2.05) is 11.2 Å². The normalized spacial score (nSPS) is 16.4. The molecule has 0 bridgehead atoms. The van der Waals surface area contributed by atoms with E-state index in [0.717, 1.165) is 18.5 Å². The predicted octanol–water partition coefficient (Wildman–Crippen LogP) is 3.78. The number of nitrogens with zero attached hydrogens (tertiary/aromatic N) is 3. The van der Waals surface area contributed by atoms with Crippen molar-refractivity contribution in [3.05, 3.63) is 46.9 Å². The number of hydrogen-bond acceptors (Lipinski definition) is 6. The predicted molar refractivity (Wildman–Crippen MR) is 110 cm³/mol. The number of nitriles is 1. The number of carbonyl (C=O) groups is 1. The Morgan fingerprint density at radius 1 is 1.34 bits per heavy atom. The maximum atomic E-state index is 14.6. The van der Waals surface area contributed by atoms with Crippen LogP contribution in [-0.2, 0) is 4.74 Å². The van der Waals surface area contributed by atoms with Gasteiger partial charge in [0, 0.05) is 30.4 Å². The summed E-state index contributed by atoms with van der Waals surface area (Å²) in [6.07, 6.45) is 3.92. The Morgan fingerprint density at radius 3 is 2.72 bits per heavy atom. The van der Waals surface area contributed by atoms with Crippen molar-refractivity contribution in [1.29, 1.82) is 5.26 Å². The molecule has 0 unspecified atom stereocenters. The average Bonchev–Trinajstić information content (AvgIpc) is 3.59. The van der Waals surface area contributed by atoms with Crippen LogP contribution in [0.2, 0.25) is 0 Å². The lowest BCUT2D eigenvalue weighted by Gasteiger charge is -2.29. The monoisotopic (exact) mass is 412 g/mol. The minimum absolute atomic E-state index is 0.254. The third-order valence-electron chi connectivity index (χ3n) is 5.11. The Labute approximate surface area is 173 Å². The van der Waals surface area contributed by atoms with Crippen LogP contribution in [0.25, 0.3) is 0 Å². The molecule has 1 aromatic carbocycles. The van der Waals surface area contributed by atoms with Gasteiger partial charge in [-0.05, 0) is 43.4 Å². The van der Waals surface area contributed by atoms with Crippen LogP contribution in [0.3, 0.4) is 0 Å². The van der Waals surface area contributed by atoms with Gasteiger partial charge in [-0.2, -0.15) is 5.26 Å². The first kappa shape index (κ1) is 19.7. The fourth-order valence-electron chi connectivity index (χ4n) is 3.41. The maximum Gasteiger partial charge on any atom is 0.257 e. The van der Waals surface area contributed by atoms with E-state index in [1.54, 1.807) is 18.2 Å². The molecule has 150 valence electrons. The maximum absolute atomic E-state index is 14.6. The minimum Gasteiger partial charge on any atom is -0.378 e. The third-order valence-corrected chi connectivity index (χ3v) is 5.79. The topological polar surface area (TPSA) is 78.2 Å². The minimum atomic E-state index is -0.431. The Hall–Kier alpha value is -2.63. The van der Waals surface area contributed by atoms with Crippen LogP contribution in [0, 0.1) is 17.1 Å². The Bertz CT molecular complexity index is 981. The van der Waals surface area contributed by atoms with Gasteiger partial charge in [0.15, 0.2) is 0 Å². The molecule has 1 aromatic heterocycles. The van der Waals surface area contributed by atoms with Crippen molar-refractivity contribution in [2.75, 3.05) is 42.8 Å². The smallest absolute Gasteiger partial charge is 0.257 e. The van der Waals surface area contributed by atoms with Crippen molar-refractivity contribution in [1.82, 2.24) is 4.98 Å². The van der Waals surface area contributed by atoms with Gasteiger partial charge in [-0.1, -0.05) is 0 Å². The highest BCUT2D eigenvalue weighted by molar-refractivity contribution is 7.98. The number of morpholine rings is 1. The van der Waals surface area contributed by atoms with Crippen molar-refractivity contribution >= 4 is 29.0 Å². The molecular weight excluding hydrogens is 391 g/mol. The molecule has 0 atom stereocenters. The van der Waals surface area contributed by atoms with Crippen LogP contribution < -0.4 is 10.2 Å². The zero-order valence-electron chi connectivity index (χ0n) is 16.1. The molecule has 1 saturated carbocycles. The second-order valence-corrected chi connectivity index (χ2v) is 7.88. The second-order valence-electron chi connectivity index (χ2n) is 7.08. The largest absolute Gasteiger partial charge is 0.378 e. The highest BCUT2D eigenvalue weighted by Crippen LogP contribution is 2.40. The van der Waals surface area contributed by atoms with Gasteiger partial charge in [-0.3, -0.25) is 4.79 Å². The van der Waals surface area contributed by atoms with Crippen molar-refractivity contribution < 1.29 is 13.9 Å². The molecule has 0 spiro atoms. The molecule has 1 N–H and O–H groups in total. The number of anilines is 2. The number of pyridine rings is 1. The summed E-state index contributed by atoms with van der Waals surface area (Å²) in [6, 6.07) is 8.45. The van der Waals surface area contributed by atoms with Crippen LogP contribution in [0.15, 0.2) is 29.3 Å². The number of amides is 1. The molecule has 2 heterocycles. The SMILES string of the molecule is CSc1nc(C2CC2)cc(C(=O)Nc2ccc(N3CCOCC3)c(F)c2)c1C#N. The van der Waals surface area contributed by atoms with Crippen LogP contribution in [0.1, 0.15) is 40.4 Å². The summed E-state index contributed by atoms with van der Waals surface area (Å²) >= 11 is 1.35. The lowest BCUT2D eigenvalue weighted by molar-refractivity contribution is 0.102. The zero-order valence-corrected chi connectivity index (χ0v) is 16.9. The Kier molecular flexibility index (Phi) is 5.69. The molecular formula is C21H21FN4O2S. The number of nitrogens with one attached hydrogen (secondary N) is 1. The number of aromatic nitrogens is 1. The number of benzene rings is 1. The number of ether oxygens (including phenoxy) is 1. The standard InChI is InChI=1S/C21H21FN4O2S/c1-29-21-16(12-23)15(11-18(25-21)13-2-3-13)20(27)24-14-4-5-19(17(22)10-14)26-6-8-28-9-7-26/h4-5,10-11,13H,2-3,6-9H2,1H3,(H,24,27). The first-order valence-corrected chi connectivity index (χ1v) is 10.8. The van der Waals surface area contributed by atoms with E-state index in [1.165, 1.54) is 17.8 Å². The van der Waals surface area contributed by atoms with Crippen molar-refractivity contribution in [3.63, 3.8) is 0 Å².